The first-order valence-electron chi connectivity index (χ1n) is 18.5. The predicted octanol–water partition coefficient (Wildman–Crippen LogP) is 13.1. The Balaban J connectivity index is 1.84. The van der Waals surface area contributed by atoms with Crippen molar-refractivity contribution in [2.75, 3.05) is 0 Å². The molecule has 1 atom stereocenters. The van der Waals surface area contributed by atoms with E-state index in [-0.39, 0.29) is 10.8 Å². The van der Waals surface area contributed by atoms with Gasteiger partial charge in [-0.05, 0) is 0 Å². The average Bonchev–Trinajstić information content (AvgIpc) is 3.57. The van der Waals surface area contributed by atoms with Gasteiger partial charge in [-0.15, -0.1) is 0 Å². The molecule has 0 amide bonds. The molecule has 0 aromatic heterocycles. The molecule has 0 fully saturated rings. The zero-order valence-corrected chi connectivity index (χ0v) is 33.7. The van der Waals surface area contributed by atoms with E-state index >= 15 is 0 Å². The maximum absolute atomic E-state index is 2.95. The molecular weight excluding hydrogens is 656 g/mol. The molecule has 0 aliphatic heterocycles. The number of hydrogen-bond acceptors (Lipinski definition) is 0. The molecule has 0 bridgehead atoms. The standard InChI is InChI=1S/C21H25.C13H10.C13H21.Zr/c1-20(2,3)16-7-9-18-14(12-16)11-15-13-17(21(4,5)6)8-10-19(15)18;1-3-7-12(8-4-1)11-13-9-5-2-6-10-13;1-5-10-9-11(6-2)13(8-4)12(10)7-3;/h7-13H,1-6H3;1-10H;10H,5-8H2,1-4H3;. The summed E-state index contributed by atoms with van der Waals surface area (Å²) in [7, 11) is 0. The van der Waals surface area contributed by atoms with Crippen LogP contribution in [0.3, 0.4) is 0 Å². The molecule has 4 aromatic carbocycles. The minimum atomic E-state index is -2.95. The van der Waals surface area contributed by atoms with Gasteiger partial charge in [-0.1, -0.05) is 0 Å². The van der Waals surface area contributed by atoms with Crippen LogP contribution in [0.5, 0.6) is 0 Å². The van der Waals surface area contributed by atoms with Gasteiger partial charge in [-0.3, -0.25) is 0 Å². The minimum absolute atomic E-state index is 0.0827. The van der Waals surface area contributed by atoms with Gasteiger partial charge in [0.05, 0.1) is 0 Å². The average molecular weight is 712 g/mol. The first kappa shape index (κ1) is 35.0. The van der Waals surface area contributed by atoms with Crippen molar-refractivity contribution in [3.05, 3.63) is 150 Å². The Bertz CT molecular complexity index is 1800. The van der Waals surface area contributed by atoms with E-state index in [1.54, 1.807) is 31.1 Å². The molecule has 248 valence electrons. The summed E-state index contributed by atoms with van der Waals surface area (Å²) in [6, 6.07) is 38.1. The second kappa shape index (κ2) is 13.8. The molecule has 0 radical (unpaired) electrons. The molecule has 0 saturated heterocycles. The van der Waals surface area contributed by atoms with Crippen LogP contribution in [0, 0.1) is 5.92 Å². The summed E-state index contributed by atoms with van der Waals surface area (Å²) >= 11 is -2.95. The molecule has 1 unspecified atom stereocenters. The van der Waals surface area contributed by atoms with Crippen LogP contribution < -0.4 is 0 Å². The van der Waals surface area contributed by atoms with Crippen LogP contribution in [0.2, 0.25) is 0 Å². The molecular formula is C47H56Zr. The number of benzene rings is 4. The quantitative estimate of drug-likeness (QED) is 0.171. The number of allylic oxidation sites excluding steroid dienone is 4. The van der Waals surface area contributed by atoms with Crippen LogP contribution in [0.25, 0.3) is 11.1 Å². The fourth-order valence-corrected chi connectivity index (χ4v) is 19.3. The molecule has 4 aromatic rings. The Labute approximate surface area is 299 Å². The van der Waals surface area contributed by atoms with E-state index in [0.717, 1.165) is 19.3 Å². The van der Waals surface area contributed by atoms with Crippen molar-refractivity contribution in [2.45, 2.75) is 109 Å². The summed E-state index contributed by atoms with van der Waals surface area (Å²) in [5, 5.41) is 0. The number of fused-ring (bicyclic) bond motifs is 3. The molecule has 2 aliphatic rings. The third-order valence-electron chi connectivity index (χ3n) is 11.1. The Kier molecular flexibility index (Phi) is 10.0. The van der Waals surface area contributed by atoms with E-state index < -0.39 is 21.3 Å². The van der Waals surface area contributed by atoms with E-state index in [1.807, 2.05) is 3.28 Å². The van der Waals surface area contributed by atoms with Crippen LogP contribution in [0.4, 0.5) is 0 Å². The summed E-state index contributed by atoms with van der Waals surface area (Å²) in [5.74, 6) is 0.542. The van der Waals surface area contributed by atoms with E-state index in [4.69, 9.17) is 0 Å². The summed E-state index contributed by atoms with van der Waals surface area (Å²) in [6.45, 7) is 24.0. The fraction of sp³-hybridized carbons (Fsp3) is 0.383. The third-order valence-corrected chi connectivity index (χ3v) is 19.8. The van der Waals surface area contributed by atoms with Crippen molar-refractivity contribution in [2.24, 2.45) is 5.92 Å². The normalized spacial score (nSPS) is 16.4. The fourth-order valence-electron chi connectivity index (χ4n) is 8.68. The summed E-state index contributed by atoms with van der Waals surface area (Å²) in [4.78, 5) is 0. The molecule has 2 aliphatic carbocycles. The Morgan fingerprint density at radius 1 is 0.562 bits per heavy atom. The first-order chi connectivity index (χ1) is 22.9. The summed E-state index contributed by atoms with van der Waals surface area (Å²) < 4.78 is 3.94. The molecule has 0 heterocycles. The predicted molar refractivity (Wildman–Crippen MR) is 206 cm³/mol. The zero-order valence-electron chi connectivity index (χ0n) is 31.2. The molecule has 0 N–H and O–H groups in total. The Morgan fingerprint density at radius 3 is 1.40 bits per heavy atom. The van der Waals surface area contributed by atoms with Crippen LogP contribution >= 0.6 is 0 Å². The Morgan fingerprint density at radius 2 is 1.02 bits per heavy atom. The van der Waals surface area contributed by atoms with Crippen molar-refractivity contribution < 1.29 is 21.3 Å². The number of hydrogen-bond donors (Lipinski definition) is 0. The first-order valence-corrected chi connectivity index (χ1v) is 22.4. The van der Waals surface area contributed by atoms with Crippen LogP contribution in [0.15, 0.2) is 117 Å². The Hall–Kier alpha value is -2.89. The molecule has 1 heteroatoms. The van der Waals surface area contributed by atoms with Gasteiger partial charge in [0.1, 0.15) is 0 Å². The van der Waals surface area contributed by atoms with Crippen LogP contribution in [-0.2, 0) is 32.1 Å². The summed E-state index contributed by atoms with van der Waals surface area (Å²) in [6.07, 6.45) is 4.59. The van der Waals surface area contributed by atoms with Crippen molar-refractivity contribution in [1.29, 1.82) is 0 Å². The van der Waals surface area contributed by atoms with Crippen LogP contribution in [0.1, 0.15) is 132 Å². The van der Waals surface area contributed by atoms with Gasteiger partial charge in [-0.2, -0.15) is 0 Å². The van der Waals surface area contributed by atoms with Crippen molar-refractivity contribution in [3.63, 3.8) is 0 Å². The SMILES string of the molecule is CCC1=C(CC)C(CC)[C]([Zr](=[C](c2ccccc2)c2ccccc2)[CH]2c3cc(C(C)(C)C)ccc3-c3ccc(C(C)(C)C)cc32)=C1CC. The van der Waals surface area contributed by atoms with Gasteiger partial charge in [0.15, 0.2) is 0 Å². The van der Waals surface area contributed by atoms with E-state index in [9.17, 15) is 0 Å². The molecule has 6 rings (SSSR count). The van der Waals surface area contributed by atoms with Gasteiger partial charge >= 0.3 is 301 Å². The second-order valence-electron chi connectivity index (χ2n) is 16.0. The molecule has 48 heavy (non-hydrogen) atoms. The van der Waals surface area contributed by atoms with Crippen molar-refractivity contribution in [3.8, 4) is 11.1 Å². The monoisotopic (exact) mass is 710 g/mol. The van der Waals surface area contributed by atoms with E-state index in [0.29, 0.717) is 9.54 Å². The van der Waals surface area contributed by atoms with E-state index in [1.165, 1.54) is 39.8 Å². The summed E-state index contributed by atoms with van der Waals surface area (Å²) in [5.41, 5.74) is 17.1. The van der Waals surface area contributed by atoms with Crippen molar-refractivity contribution >= 4 is 3.21 Å². The van der Waals surface area contributed by atoms with Crippen molar-refractivity contribution in [1.82, 2.24) is 0 Å². The number of rotatable bonds is 8. The van der Waals surface area contributed by atoms with E-state index in [2.05, 4.69) is 166 Å². The zero-order chi connectivity index (χ0) is 34.4. The topological polar surface area (TPSA) is 0 Å². The van der Waals surface area contributed by atoms with Gasteiger partial charge in [0.2, 0.25) is 0 Å². The van der Waals surface area contributed by atoms with Crippen LogP contribution in [-0.4, -0.2) is 3.21 Å². The van der Waals surface area contributed by atoms with Gasteiger partial charge in [0, 0.05) is 0 Å². The van der Waals surface area contributed by atoms with Gasteiger partial charge in [0.25, 0.3) is 0 Å². The second-order valence-corrected chi connectivity index (χ2v) is 22.0. The molecule has 0 spiro atoms. The maximum atomic E-state index is 2.64. The van der Waals surface area contributed by atoms with Gasteiger partial charge in [-0.25, -0.2) is 0 Å². The molecule has 0 nitrogen and oxygen atoms in total. The molecule has 0 saturated carbocycles. The van der Waals surface area contributed by atoms with Gasteiger partial charge < -0.3 is 0 Å². The third kappa shape index (κ3) is 6.19.